The molecule has 4 nitrogen and oxygen atoms in total. The van der Waals surface area contributed by atoms with Crippen LogP contribution >= 0.6 is 0 Å². The molecular formula is C19H22N4. The summed E-state index contributed by atoms with van der Waals surface area (Å²) >= 11 is 0. The summed E-state index contributed by atoms with van der Waals surface area (Å²) in [5.41, 5.74) is 5.98. The molecule has 1 N–H and O–H groups in total. The summed E-state index contributed by atoms with van der Waals surface area (Å²) in [4.78, 5) is 15.4. The van der Waals surface area contributed by atoms with Gasteiger partial charge in [0.1, 0.15) is 5.82 Å². The van der Waals surface area contributed by atoms with E-state index in [-0.39, 0.29) is 0 Å². The monoisotopic (exact) mass is 306 g/mol. The summed E-state index contributed by atoms with van der Waals surface area (Å²) < 4.78 is 0. The molecule has 1 fully saturated rings. The van der Waals surface area contributed by atoms with Crippen LogP contribution in [0.4, 0.5) is 0 Å². The van der Waals surface area contributed by atoms with Crippen molar-refractivity contribution in [1.29, 1.82) is 0 Å². The van der Waals surface area contributed by atoms with Crippen molar-refractivity contribution in [2.45, 2.75) is 39.3 Å². The van der Waals surface area contributed by atoms with Crippen molar-refractivity contribution in [3.05, 3.63) is 59.2 Å². The Morgan fingerprint density at radius 2 is 2.13 bits per heavy atom. The number of rotatable bonds is 3. The highest BCUT2D eigenvalue weighted by atomic mass is 15.2. The second kappa shape index (κ2) is 5.78. The van der Waals surface area contributed by atoms with Crippen LogP contribution in [0, 0.1) is 13.8 Å². The first-order chi connectivity index (χ1) is 11.2. The molecule has 1 aliphatic heterocycles. The van der Waals surface area contributed by atoms with E-state index < -0.39 is 0 Å². The Morgan fingerprint density at radius 1 is 1.22 bits per heavy atom. The van der Waals surface area contributed by atoms with E-state index in [0.29, 0.717) is 6.04 Å². The molecule has 0 aliphatic carbocycles. The first kappa shape index (κ1) is 14.4. The minimum Gasteiger partial charge on any atom is -0.341 e. The van der Waals surface area contributed by atoms with Crippen LogP contribution in [0.15, 0.2) is 36.5 Å². The highest BCUT2D eigenvalue weighted by Crippen LogP contribution is 2.32. The van der Waals surface area contributed by atoms with E-state index in [1.54, 1.807) is 0 Å². The smallest absolute Gasteiger partial charge is 0.121 e. The molecule has 0 amide bonds. The molecule has 2 aromatic heterocycles. The fourth-order valence-electron chi connectivity index (χ4n) is 3.56. The second-order valence-corrected chi connectivity index (χ2v) is 6.47. The first-order valence-corrected chi connectivity index (χ1v) is 8.32. The molecule has 4 heteroatoms. The van der Waals surface area contributed by atoms with Crippen molar-refractivity contribution in [1.82, 2.24) is 19.9 Å². The molecule has 4 rings (SSSR count). The van der Waals surface area contributed by atoms with Gasteiger partial charge in [-0.15, -0.1) is 0 Å². The SMILES string of the molecule is Cc1ccc2[nH]c(CN3CCC[C@@H]3c3ccccn3)nc2c1C. The maximum Gasteiger partial charge on any atom is 0.121 e. The lowest BCUT2D eigenvalue weighted by molar-refractivity contribution is 0.239. The van der Waals surface area contributed by atoms with Crippen molar-refractivity contribution in [3.63, 3.8) is 0 Å². The van der Waals surface area contributed by atoms with Crippen LogP contribution in [-0.2, 0) is 6.54 Å². The van der Waals surface area contributed by atoms with Gasteiger partial charge in [0.15, 0.2) is 0 Å². The average Bonchev–Trinajstić information content (AvgIpc) is 3.19. The van der Waals surface area contributed by atoms with Crippen LogP contribution in [-0.4, -0.2) is 26.4 Å². The second-order valence-electron chi connectivity index (χ2n) is 6.47. The fourth-order valence-corrected chi connectivity index (χ4v) is 3.56. The molecule has 1 saturated heterocycles. The number of aryl methyl sites for hydroxylation is 2. The zero-order valence-corrected chi connectivity index (χ0v) is 13.7. The average molecular weight is 306 g/mol. The number of hydrogen-bond acceptors (Lipinski definition) is 3. The Hall–Kier alpha value is -2.20. The predicted molar refractivity (Wildman–Crippen MR) is 92.2 cm³/mol. The molecule has 0 unspecified atom stereocenters. The first-order valence-electron chi connectivity index (χ1n) is 8.32. The van der Waals surface area contributed by atoms with E-state index in [0.717, 1.165) is 29.9 Å². The number of H-pyrrole nitrogens is 1. The normalized spacial score (nSPS) is 18.8. The van der Waals surface area contributed by atoms with Gasteiger partial charge in [0.25, 0.3) is 0 Å². The number of likely N-dealkylation sites (tertiary alicyclic amines) is 1. The van der Waals surface area contributed by atoms with E-state index in [1.165, 1.54) is 29.7 Å². The third kappa shape index (κ3) is 2.63. The van der Waals surface area contributed by atoms with Gasteiger partial charge in [-0.1, -0.05) is 12.1 Å². The lowest BCUT2D eigenvalue weighted by Crippen LogP contribution is -2.24. The zero-order chi connectivity index (χ0) is 15.8. The molecule has 1 aliphatic rings. The number of nitrogens with zero attached hydrogens (tertiary/aromatic N) is 3. The van der Waals surface area contributed by atoms with Gasteiger partial charge in [-0.05, 0) is 62.6 Å². The molecule has 1 atom stereocenters. The number of pyridine rings is 1. The molecule has 0 bridgehead atoms. The minimum absolute atomic E-state index is 0.409. The number of aromatic nitrogens is 3. The van der Waals surface area contributed by atoms with Gasteiger partial charge in [-0.3, -0.25) is 9.88 Å². The Morgan fingerprint density at radius 3 is 2.96 bits per heavy atom. The zero-order valence-electron chi connectivity index (χ0n) is 13.7. The summed E-state index contributed by atoms with van der Waals surface area (Å²) in [6.07, 6.45) is 4.29. The topological polar surface area (TPSA) is 44.8 Å². The van der Waals surface area contributed by atoms with Gasteiger partial charge in [0.2, 0.25) is 0 Å². The predicted octanol–water partition coefficient (Wildman–Crippen LogP) is 3.91. The van der Waals surface area contributed by atoms with Gasteiger partial charge in [0, 0.05) is 6.20 Å². The maximum absolute atomic E-state index is 4.85. The quantitative estimate of drug-likeness (QED) is 0.798. The molecule has 0 radical (unpaired) electrons. The van der Waals surface area contributed by atoms with Crippen LogP contribution in [0.1, 0.15) is 41.5 Å². The van der Waals surface area contributed by atoms with Crippen LogP contribution in [0.25, 0.3) is 11.0 Å². The molecule has 3 aromatic rings. The van der Waals surface area contributed by atoms with Gasteiger partial charge in [-0.25, -0.2) is 4.98 Å². The molecule has 118 valence electrons. The Balaban J connectivity index is 1.61. The van der Waals surface area contributed by atoms with E-state index in [9.17, 15) is 0 Å². The van der Waals surface area contributed by atoms with Crippen LogP contribution in [0.3, 0.4) is 0 Å². The van der Waals surface area contributed by atoms with Gasteiger partial charge < -0.3 is 4.98 Å². The van der Waals surface area contributed by atoms with Crippen molar-refractivity contribution in [3.8, 4) is 0 Å². The van der Waals surface area contributed by atoms with Gasteiger partial charge in [-0.2, -0.15) is 0 Å². The fraction of sp³-hybridized carbons (Fsp3) is 0.368. The van der Waals surface area contributed by atoms with Gasteiger partial charge >= 0.3 is 0 Å². The number of nitrogens with one attached hydrogen (secondary N) is 1. The third-order valence-corrected chi connectivity index (χ3v) is 4.97. The van der Waals surface area contributed by atoms with E-state index >= 15 is 0 Å². The number of aromatic amines is 1. The molecule has 23 heavy (non-hydrogen) atoms. The molecule has 3 heterocycles. The van der Waals surface area contributed by atoms with Crippen LogP contribution < -0.4 is 0 Å². The number of imidazole rings is 1. The summed E-state index contributed by atoms with van der Waals surface area (Å²) in [5, 5.41) is 0. The lowest BCUT2D eigenvalue weighted by Gasteiger charge is -2.22. The Labute approximate surface area is 136 Å². The Kier molecular flexibility index (Phi) is 3.62. The number of hydrogen-bond donors (Lipinski definition) is 1. The van der Waals surface area contributed by atoms with Crippen LogP contribution in [0.2, 0.25) is 0 Å². The minimum atomic E-state index is 0.409. The number of fused-ring (bicyclic) bond motifs is 1. The largest absolute Gasteiger partial charge is 0.341 e. The van der Waals surface area contributed by atoms with Crippen molar-refractivity contribution in [2.75, 3.05) is 6.54 Å². The standard InChI is InChI=1S/C19H22N4/c1-13-8-9-16-19(14(13)2)22-18(21-16)12-23-11-5-7-17(23)15-6-3-4-10-20-15/h3-4,6,8-10,17H,5,7,11-12H2,1-2H3,(H,21,22)/t17-/m1/s1. The lowest BCUT2D eigenvalue weighted by atomic mass is 10.1. The molecule has 0 spiro atoms. The molecular weight excluding hydrogens is 284 g/mol. The van der Waals surface area contributed by atoms with Crippen molar-refractivity contribution in [2.24, 2.45) is 0 Å². The van der Waals surface area contributed by atoms with E-state index in [1.807, 2.05) is 12.3 Å². The van der Waals surface area contributed by atoms with Crippen molar-refractivity contribution < 1.29 is 0 Å². The number of benzene rings is 1. The molecule has 0 saturated carbocycles. The summed E-state index contributed by atoms with van der Waals surface area (Å²) in [6.45, 7) is 6.25. The van der Waals surface area contributed by atoms with Gasteiger partial charge in [0.05, 0.1) is 29.3 Å². The highest BCUT2D eigenvalue weighted by molar-refractivity contribution is 5.79. The van der Waals surface area contributed by atoms with E-state index in [4.69, 9.17) is 4.98 Å². The highest BCUT2D eigenvalue weighted by Gasteiger charge is 2.27. The summed E-state index contributed by atoms with van der Waals surface area (Å²) in [7, 11) is 0. The third-order valence-electron chi connectivity index (χ3n) is 4.97. The summed E-state index contributed by atoms with van der Waals surface area (Å²) in [5.74, 6) is 1.05. The summed E-state index contributed by atoms with van der Waals surface area (Å²) in [6, 6.07) is 10.9. The molecule has 1 aromatic carbocycles. The van der Waals surface area contributed by atoms with Crippen LogP contribution in [0.5, 0.6) is 0 Å². The van der Waals surface area contributed by atoms with Crippen molar-refractivity contribution >= 4 is 11.0 Å². The Bertz CT molecular complexity index is 822. The maximum atomic E-state index is 4.85. The van der Waals surface area contributed by atoms with E-state index in [2.05, 4.69) is 53.0 Å².